The van der Waals surface area contributed by atoms with E-state index in [2.05, 4.69) is 11.1 Å². The summed E-state index contributed by atoms with van der Waals surface area (Å²) >= 11 is 1.70. The van der Waals surface area contributed by atoms with E-state index in [1.807, 2.05) is 24.3 Å². The molecule has 0 saturated heterocycles. The second-order valence-electron chi connectivity index (χ2n) is 3.94. The fourth-order valence-corrected chi connectivity index (χ4v) is 2.82. The first-order valence-electron chi connectivity index (χ1n) is 5.45. The normalized spacial score (nSPS) is 13.0. The highest BCUT2D eigenvalue weighted by molar-refractivity contribution is 7.18. The Morgan fingerprint density at radius 3 is 2.94 bits per heavy atom. The number of furan rings is 1. The smallest absolute Gasteiger partial charge is 0.0957 e. The van der Waals surface area contributed by atoms with Crippen molar-refractivity contribution in [2.24, 2.45) is 5.73 Å². The minimum absolute atomic E-state index is 0.0469. The molecule has 1 aromatic carbocycles. The topological polar surface area (TPSA) is 52.0 Å². The molecule has 0 aliphatic rings. The van der Waals surface area contributed by atoms with Crippen LogP contribution in [0.1, 0.15) is 16.6 Å². The van der Waals surface area contributed by atoms with Crippen molar-refractivity contribution in [3.8, 4) is 0 Å². The molecule has 4 heteroatoms. The average Bonchev–Trinajstić information content (AvgIpc) is 2.97. The number of thiazole rings is 1. The third kappa shape index (κ3) is 2.09. The van der Waals surface area contributed by atoms with Gasteiger partial charge in [-0.05, 0) is 18.2 Å². The monoisotopic (exact) mass is 244 g/mol. The summed E-state index contributed by atoms with van der Waals surface area (Å²) in [4.78, 5) is 4.57. The molecule has 0 aliphatic heterocycles. The molecule has 2 heterocycles. The summed E-state index contributed by atoms with van der Waals surface area (Å²) in [6.45, 7) is 0. The van der Waals surface area contributed by atoms with Crippen LogP contribution in [0, 0.1) is 0 Å². The quantitative estimate of drug-likeness (QED) is 0.770. The number of fused-ring (bicyclic) bond motifs is 1. The van der Waals surface area contributed by atoms with E-state index in [0.717, 1.165) is 22.5 Å². The van der Waals surface area contributed by atoms with Gasteiger partial charge in [-0.3, -0.25) is 0 Å². The van der Waals surface area contributed by atoms with Crippen LogP contribution in [0.5, 0.6) is 0 Å². The van der Waals surface area contributed by atoms with Gasteiger partial charge >= 0.3 is 0 Å². The maximum Gasteiger partial charge on any atom is 0.0957 e. The zero-order chi connectivity index (χ0) is 11.7. The van der Waals surface area contributed by atoms with Crippen molar-refractivity contribution in [1.29, 1.82) is 0 Å². The van der Waals surface area contributed by atoms with Crippen LogP contribution in [0.15, 0.2) is 47.3 Å². The van der Waals surface area contributed by atoms with Gasteiger partial charge in [0, 0.05) is 18.0 Å². The molecule has 0 spiro atoms. The first-order chi connectivity index (χ1) is 8.33. The molecule has 1 unspecified atom stereocenters. The molecular formula is C13H12N2OS. The Morgan fingerprint density at radius 1 is 1.29 bits per heavy atom. The predicted octanol–water partition coefficient (Wildman–Crippen LogP) is 3.13. The number of nitrogens with two attached hydrogens (primary N) is 1. The van der Waals surface area contributed by atoms with E-state index in [1.165, 1.54) is 4.70 Å². The molecule has 1 atom stereocenters. The fraction of sp³-hybridized carbons (Fsp3) is 0.154. The number of nitrogens with zero attached hydrogens (tertiary/aromatic N) is 1. The summed E-state index contributed by atoms with van der Waals surface area (Å²) in [5.41, 5.74) is 8.17. The van der Waals surface area contributed by atoms with Crippen molar-refractivity contribution >= 4 is 21.6 Å². The van der Waals surface area contributed by atoms with E-state index in [0.29, 0.717) is 0 Å². The van der Waals surface area contributed by atoms with Gasteiger partial charge in [0.1, 0.15) is 0 Å². The average molecular weight is 244 g/mol. The van der Waals surface area contributed by atoms with Crippen LogP contribution < -0.4 is 5.73 Å². The Hall–Kier alpha value is -1.65. The summed E-state index contributed by atoms with van der Waals surface area (Å²) in [5, 5.41) is 1.07. The van der Waals surface area contributed by atoms with Gasteiger partial charge in [0.25, 0.3) is 0 Å². The maximum absolute atomic E-state index is 6.10. The van der Waals surface area contributed by atoms with Gasteiger partial charge in [0.15, 0.2) is 0 Å². The van der Waals surface area contributed by atoms with Crippen molar-refractivity contribution in [2.45, 2.75) is 12.5 Å². The third-order valence-corrected chi connectivity index (χ3v) is 3.76. The van der Waals surface area contributed by atoms with E-state index in [-0.39, 0.29) is 6.04 Å². The van der Waals surface area contributed by atoms with Crippen LogP contribution in [0.25, 0.3) is 10.2 Å². The Bertz CT molecular complexity index is 582. The Morgan fingerprint density at radius 2 is 2.18 bits per heavy atom. The molecule has 0 bridgehead atoms. The number of para-hydroxylation sites is 1. The molecular weight excluding hydrogens is 232 g/mol. The van der Waals surface area contributed by atoms with Crippen molar-refractivity contribution in [1.82, 2.24) is 4.98 Å². The highest BCUT2D eigenvalue weighted by Crippen LogP contribution is 2.25. The third-order valence-electron chi connectivity index (χ3n) is 2.70. The van der Waals surface area contributed by atoms with E-state index >= 15 is 0 Å². The lowest BCUT2D eigenvalue weighted by atomic mass is 10.1. The van der Waals surface area contributed by atoms with Gasteiger partial charge in [0.2, 0.25) is 0 Å². The lowest BCUT2D eigenvalue weighted by Crippen LogP contribution is -2.12. The lowest BCUT2D eigenvalue weighted by Gasteiger charge is -2.05. The van der Waals surface area contributed by atoms with Gasteiger partial charge in [-0.15, -0.1) is 11.3 Å². The highest BCUT2D eigenvalue weighted by atomic mass is 32.1. The Labute approximate surface area is 103 Å². The molecule has 0 radical (unpaired) electrons. The van der Waals surface area contributed by atoms with Crippen LogP contribution in [-0.2, 0) is 6.42 Å². The molecule has 2 N–H and O–H groups in total. The van der Waals surface area contributed by atoms with E-state index in [9.17, 15) is 0 Å². The number of hydrogen-bond donors (Lipinski definition) is 1. The SMILES string of the molecule is NC(Cc1nc2ccccc2s1)c1ccoc1. The molecule has 3 rings (SSSR count). The number of hydrogen-bond acceptors (Lipinski definition) is 4. The summed E-state index contributed by atoms with van der Waals surface area (Å²) in [6, 6.07) is 9.99. The van der Waals surface area contributed by atoms with Gasteiger partial charge in [-0.2, -0.15) is 0 Å². The van der Waals surface area contributed by atoms with Crippen LogP contribution in [0.2, 0.25) is 0 Å². The standard InChI is InChI=1S/C13H12N2OS/c14-10(9-5-6-16-8-9)7-13-15-11-3-1-2-4-12(11)17-13/h1-6,8,10H,7,14H2. The molecule has 3 nitrogen and oxygen atoms in total. The van der Waals surface area contributed by atoms with Crippen LogP contribution in [0.4, 0.5) is 0 Å². The molecule has 86 valence electrons. The Balaban J connectivity index is 1.85. The minimum Gasteiger partial charge on any atom is -0.472 e. The number of aromatic nitrogens is 1. The zero-order valence-corrected chi connectivity index (χ0v) is 9.98. The zero-order valence-electron chi connectivity index (χ0n) is 9.17. The number of benzene rings is 1. The van der Waals surface area contributed by atoms with E-state index in [4.69, 9.17) is 10.2 Å². The van der Waals surface area contributed by atoms with Crippen molar-refractivity contribution in [2.75, 3.05) is 0 Å². The second-order valence-corrected chi connectivity index (χ2v) is 5.06. The maximum atomic E-state index is 6.10. The fourth-order valence-electron chi connectivity index (χ4n) is 1.80. The Kier molecular flexibility index (Phi) is 2.66. The molecule has 3 aromatic rings. The molecule has 0 saturated carbocycles. The molecule has 0 amide bonds. The van der Waals surface area contributed by atoms with Gasteiger partial charge in [0.05, 0.1) is 27.8 Å². The van der Waals surface area contributed by atoms with Crippen molar-refractivity contribution in [3.05, 3.63) is 53.4 Å². The van der Waals surface area contributed by atoms with Crippen molar-refractivity contribution in [3.63, 3.8) is 0 Å². The van der Waals surface area contributed by atoms with Gasteiger partial charge in [-0.1, -0.05) is 12.1 Å². The summed E-state index contributed by atoms with van der Waals surface area (Å²) < 4.78 is 6.25. The first-order valence-corrected chi connectivity index (χ1v) is 6.27. The molecule has 0 fully saturated rings. The van der Waals surface area contributed by atoms with Crippen molar-refractivity contribution < 1.29 is 4.42 Å². The van der Waals surface area contributed by atoms with E-state index < -0.39 is 0 Å². The summed E-state index contributed by atoms with van der Waals surface area (Å²) in [6.07, 6.45) is 4.09. The molecule has 17 heavy (non-hydrogen) atoms. The summed E-state index contributed by atoms with van der Waals surface area (Å²) in [5.74, 6) is 0. The van der Waals surface area contributed by atoms with Gasteiger partial charge < -0.3 is 10.2 Å². The second kappa shape index (κ2) is 4.31. The summed E-state index contributed by atoms with van der Waals surface area (Å²) in [7, 11) is 0. The largest absolute Gasteiger partial charge is 0.472 e. The molecule has 2 aromatic heterocycles. The minimum atomic E-state index is -0.0469. The lowest BCUT2D eigenvalue weighted by molar-refractivity contribution is 0.558. The number of rotatable bonds is 3. The highest BCUT2D eigenvalue weighted by Gasteiger charge is 2.11. The molecule has 0 aliphatic carbocycles. The van der Waals surface area contributed by atoms with E-state index in [1.54, 1.807) is 23.9 Å². The van der Waals surface area contributed by atoms with Gasteiger partial charge in [-0.25, -0.2) is 4.98 Å². The van der Waals surface area contributed by atoms with Crippen LogP contribution >= 0.6 is 11.3 Å². The van der Waals surface area contributed by atoms with Crippen LogP contribution in [0.3, 0.4) is 0 Å². The predicted molar refractivity (Wildman–Crippen MR) is 69.0 cm³/mol. The van der Waals surface area contributed by atoms with Crippen LogP contribution in [-0.4, -0.2) is 4.98 Å². The first kappa shape index (κ1) is 10.5.